The summed E-state index contributed by atoms with van der Waals surface area (Å²) in [6.07, 6.45) is -6.04. The van der Waals surface area contributed by atoms with Crippen LogP contribution in [0.5, 0.6) is 0 Å². The number of esters is 1. The fraction of sp³-hybridized carbons (Fsp3) is 0.519. The third-order valence-electron chi connectivity index (χ3n) is 6.34. The number of anilines is 2. The molecule has 1 aliphatic heterocycles. The van der Waals surface area contributed by atoms with Crippen LogP contribution in [-0.2, 0) is 9.53 Å². The lowest BCUT2D eigenvalue weighted by atomic mass is 9.86. The molecule has 0 spiro atoms. The first-order chi connectivity index (χ1) is 15.6. The van der Waals surface area contributed by atoms with E-state index in [4.69, 9.17) is 0 Å². The Balaban J connectivity index is 2.19. The fourth-order valence-electron chi connectivity index (χ4n) is 5.60. The average Bonchev–Trinajstić information content (AvgIpc) is 2.60. The number of hydrogen-bond acceptors (Lipinski definition) is 4. The van der Waals surface area contributed by atoms with Crippen LogP contribution in [0.3, 0.4) is 0 Å². The Kier molecular flexibility index (Phi) is 6.98. The zero-order valence-electron chi connectivity index (χ0n) is 21.4. The minimum absolute atomic E-state index is 0.183. The van der Waals surface area contributed by atoms with Gasteiger partial charge in [-0.2, -0.15) is 0 Å². The molecule has 0 radical (unpaired) electrons. The standard InChI is InChI=1S/C27H35F3N2O2/c1-16-9-18(3)24(19(4)10-16)31-14-26(7,8)15-32(22(31)13-23(33)34-27(28,29)30)25-20(5)11-17(2)12-21(25)6/h9-12,22H,13-15H2,1-8H3. The Bertz CT molecular complexity index is 976. The minimum atomic E-state index is -5.01. The smallest absolute Gasteiger partial charge is 0.373 e. The topological polar surface area (TPSA) is 32.8 Å². The summed E-state index contributed by atoms with van der Waals surface area (Å²) in [5.41, 5.74) is 8.08. The molecular weight excluding hydrogens is 441 g/mol. The first kappa shape index (κ1) is 25.9. The molecule has 4 nitrogen and oxygen atoms in total. The van der Waals surface area contributed by atoms with E-state index in [1.165, 1.54) is 0 Å². The number of benzene rings is 2. The second kappa shape index (κ2) is 9.16. The maximum absolute atomic E-state index is 12.9. The van der Waals surface area contributed by atoms with E-state index in [-0.39, 0.29) is 5.41 Å². The van der Waals surface area contributed by atoms with Crippen molar-refractivity contribution in [1.82, 2.24) is 0 Å². The molecule has 0 aliphatic carbocycles. The zero-order valence-corrected chi connectivity index (χ0v) is 21.4. The van der Waals surface area contributed by atoms with Gasteiger partial charge in [-0.05, 0) is 69.2 Å². The van der Waals surface area contributed by atoms with Crippen molar-refractivity contribution in [2.45, 2.75) is 74.3 Å². The molecule has 7 heteroatoms. The molecule has 0 atom stereocenters. The van der Waals surface area contributed by atoms with E-state index in [2.05, 4.69) is 52.6 Å². The second-order valence-electron chi connectivity index (χ2n) is 10.5. The van der Waals surface area contributed by atoms with Crippen molar-refractivity contribution in [3.8, 4) is 0 Å². The number of carbonyl (C=O) groups excluding carboxylic acids is 1. The van der Waals surface area contributed by atoms with Crippen LogP contribution in [0.1, 0.15) is 53.6 Å². The average molecular weight is 477 g/mol. The summed E-state index contributed by atoms with van der Waals surface area (Å²) >= 11 is 0. The first-order valence-electron chi connectivity index (χ1n) is 11.6. The number of rotatable bonds is 4. The van der Waals surface area contributed by atoms with Crippen LogP contribution in [-0.4, -0.2) is 31.6 Å². The second-order valence-corrected chi connectivity index (χ2v) is 10.5. The highest BCUT2D eigenvalue weighted by Gasteiger charge is 2.43. The molecule has 34 heavy (non-hydrogen) atoms. The summed E-state index contributed by atoms with van der Waals surface area (Å²) in [6.45, 7) is 17.6. The molecule has 0 amide bonds. The summed E-state index contributed by atoms with van der Waals surface area (Å²) in [5, 5.41) is 0. The number of nitrogens with zero attached hydrogens (tertiary/aromatic N) is 2. The monoisotopic (exact) mass is 476 g/mol. The van der Waals surface area contributed by atoms with E-state index in [9.17, 15) is 18.0 Å². The predicted octanol–water partition coefficient (Wildman–Crippen LogP) is 6.67. The van der Waals surface area contributed by atoms with Gasteiger partial charge in [0, 0.05) is 24.5 Å². The number of halogens is 3. The molecule has 3 rings (SSSR count). The zero-order chi connectivity index (χ0) is 25.6. The van der Waals surface area contributed by atoms with Crippen LogP contribution in [0.25, 0.3) is 0 Å². The summed E-state index contributed by atoms with van der Waals surface area (Å²) < 4.78 is 42.5. The van der Waals surface area contributed by atoms with Gasteiger partial charge in [0.1, 0.15) is 6.17 Å². The van der Waals surface area contributed by atoms with Crippen molar-refractivity contribution >= 4 is 17.3 Å². The van der Waals surface area contributed by atoms with Gasteiger partial charge in [0.2, 0.25) is 0 Å². The predicted molar refractivity (Wildman–Crippen MR) is 130 cm³/mol. The Morgan fingerprint density at radius 1 is 0.853 bits per heavy atom. The van der Waals surface area contributed by atoms with Crippen LogP contribution in [0.2, 0.25) is 0 Å². The molecule has 0 saturated carbocycles. The van der Waals surface area contributed by atoms with E-state index in [1.807, 2.05) is 41.5 Å². The van der Waals surface area contributed by atoms with Crippen LogP contribution in [0.15, 0.2) is 24.3 Å². The van der Waals surface area contributed by atoms with E-state index in [0.29, 0.717) is 13.1 Å². The van der Waals surface area contributed by atoms with Crippen molar-refractivity contribution in [1.29, 1.82) is 0 Å². The maximum Gasteiger partial charge on any atom is 0.575 e. The van der Waals surface area contributed by atoms with E-state index in [0.717, 1.165) is 44.8 Å². The number of alkyl halides is 3. The lowest BCUT2D eigenvalue weighted by molar-refractivity contribution is -0.305. The van der Waals surface area contributed by atoms with Crippen LogP contribution in [0.4, 0.5) is 24.5 Å². The highest BCUT2D eigenvalue weighted by Crippen LogP contribution is 2.41. The van der Waals surface area contributed by atoms with Gasteiger partial charge in [-0.25, -0.2) is 0 Å². The Morgan fingerprint density at radius 2 is 1.21 bits per heavy atom. The van der Waals surface area contributed by atoms with Gasteiger partial charge >= 0.3 is 12.3 Å². The highest BCUT2D eigenvalue weighted by molar-refractivity contribution is 5.75. The van der Waals surface area contributed by atoms with Gasteiger partial charge in [0.15, 0.2) is 0 Å². The van der Waals surface area contributed by atoms with Gasteiger partial charge in [0.05, 0.1) is 6.42 Å². The van der Waals surface area contributed by atoms with Gasteiger partial charge in [-0.1, -0.05) is 49.2 Å². The number of carbonyl (C=O) groups is 1. The molecule has 2 aromatic rings. The number of ether oxygens (including phenoxy) is 1. The van der Waals surface area contributed by atoms with Crippen molar-refractivity contribution < 1.29 is 22.7 Å². The SMILES string of the molecule is Cc1cc(C)c(N2CC(C)(C)CN(c3c(C)cc(C)cc3C)C2CC(=O)OC(F)(F)F)c(C)c1. The quantitative estimate of drug-likeness (QED) is 0.462. The highest BCUT2D eigenvalue weighted by atomic mass is 19.4. The van der Waals surface area contributed by atoms with Crippen molar-refractivity contribution in [3.63, 3.8) is 0 Å². The molecule has 186 valence electrons. The lowest BCUT2D eigenvalue weighted by Gasteiger charge is -2.53. The first-order valence-corrected chi connectivity index (χ1v) is 11.6. The summed E-state index contributed by atoms with van der Waals surface area (Å²) in [7, 11) is 0. The number of hydrogen-bond donors (Lipinski definition) is 0. The summed E-state index contributed by atoms with van der Waals surface area (Å²) in [4.78, 5) is 16.7. The van der Waals surface area contributed by atoms with E-state index < -0.39 is 24.9 Å². The Hall–Kier alpha value is -2.70. The Labute approximate surface area is 200 Å². The van der Waals surface area contributed by atoms with E-state index in [1.54, 1.807) is 0 Å². The molecule has 2 aromatic carbocycles. The molecule has 1 saturated heterocycles. The third kappa shape index (κ3) is 5.68. The van der Waals surface area contributed by atoms with Gasteiger partial charge in [-0.15, -0.1) is 13.2 Å². The third-order valence-corrected chi connectivity index (χ3v) is 6.34. The van der Waals surface area contributed by atoms with Crippen LogP contribution >= 0.6 is 0 Å². The fourth-order valence-corrected chi connectivity index (χ4v) is 5.60. The minimum Gasteiger partial charge on any atom is -0.373 e. The largest absolute Gasteiger partial charge is 0.575 e. The van der Waals surface area contributed by atoms with Crippen molar-refractivity contribution in [2.75, 3.05) is 22.9 Å². The molecular formula is C27H35F3N2O2. The molecule has 0 aromatic heterocycles. The molecule has 0 bridgehead atoms. The Morgan fingerprint density at radius 3 is 1.53 bits per heavy atom. The van der Waals surface area contributed by atoms with Crippen molar-refractivity contribution in [2.24, 2.45) is 5.41 Å². The van der Waals surface area contributed by atoms with Gasteiger partial charge in [0.25, 0.3) is 0 Å². The molecule has 0 N–H and O–H groups in total. The maximum atomic E-state index is 12.9. The molecule has 1 heterocycles. The molecule has 1 fully saturated rings. The van der Waals surface area contributed by atoms with E-state index >= 15 is 0 Å². The normalized spacial score (nSPS) is 16.7. The van der Waals surface area contributed by atoms with Crippen LogP contribution < -0.4 is 9.80 Å². The van der Waals surface area contributed by atoms with Crippen LogP contribution in [0, 0.1) is 47.0 Å². The van der Waals surface area contributed by atoms with Crippen molar-refractivity contribution in [3.05, 3.63) is 57.6 Å². The summed E-state index contributed by atoms with van der Waals surface area (Å²) in [6, 6.07) is 8.28. The van der Waals surface area contributed by atoms with Gasteiger partial charge in [-0.3, -0.25) is 4.79 Å². The number of aryl methyl sites for hydroxylation is 6. The molecule has 1 aliphatic rings. The lowest BCUT2D eigenvalue weighted by Crippen LogP contribution is -2.62. The summed E-state index contributed by atoms with van der Waals surface area (Å²) in [5.74, 6) is -1.28. The molecule has 0 unspecified atom stereocenters. The van der Waals surface area contributed by atoms with Gasteiger partial charge < -0.3 is 14.5 Å².